The predicted octanol–water partition coefficient (Wildman–Crippen LogP) is 1.32. The summed E-state index contributed by atoms with van der Waals surface area (Å²) in [5.74, 6) is 0.107. The van der Waals surface area contributed by atoms with Gasteiger partial charge in [0.1, 0.15) is 11.5 Å². The molecule has 0 aliphatic carbocycles. The van der Waals surface area contributed by atoms with Gasteiger partial charge in [-0.2, -0.15) is 8.42 Å². The zero-order chi connectivity index (χ0) is 18.3. The molecule has 2 aromatic carbocycles. The van der Waals surface area contributed by atoms with E-state index >= 15 is 0 Å². The van der Waals surface area contributed by atoms with Crippen molar-refractivity contribution in [3.8, 4) is 17.2 Å². The largest absolute Gasteiger partial charge is 1.00 e. The molecule has 0 fully saturated rings. The second-order valence-electron chi connectivity index (χ2n) is 5.96. The standard InChI is InChI=1S/C19H24O5S.Na/c1-2-3-4-5-7-10-15-13-17(20)19(25(21,22)23)14-18(15)24-16-11-8-6-9-12-16;/h6,8-9,11-14,20H,2-5,7,10H2,1H3,(H,21,22,23);/q;+1/p-1. The SMILES string of the molecule is CCCCCCCc1cc([O-])c(S(=O)(=O)O)cc1Oc1ccccc1.[Na+]. The molecule has 0 heterocycles. The van der Waals surface area contributed by atoms with Gasteiger partial charge in [-0.25, -0.2) is 0 Å². The molecule has 0 aliphatic heterocycles. The second-order valence-corrected chi connectivity index (χ2v) is 7.35. The molecule has 1 N–H and O–H groups in total. The van der Waals surface area contributed by atoms with E-state index in [4.69, 9.17) is 4.74 Å². The summed E-state index contributed by atoms with van der Waals surface area (Å²) in [4.78, 5) is -0.659. The van der Waals surface area contributed by atoms with E-state index in [9.17, 15) is 18.1 Å². The molecule has 0 spiro atoms. The number of unbranched alkanes of at least 4 members (excludes halogenated alkanes) is 4. The molecule has 136 valence electrons. The third kappa shape index (κ3) is 6.93. The maximum Gasteiger partial charge on any atom is 1.00 e. The monoisotopic (exact) mass is 386 g/mol. The van der Waals surface area contributed by atoms with Crippen LogP contribution in [0.1, 0.15) is 44.6 Å². The first kappa shape index (κ1) is 23.0. The van der Waals surface area contributed by atoms with Gasteiger partial charge < -0.3 is 9.84 Å². The zero-order valence-electron chi connectivity index (χ0n) is 15.3. The maximum atomic E-state index is 12.0. The zero-order valence-corrected chi connectivity index (χ0v) is 18.1. The number of hydrogen-bond acceptors (Lipinski definition) is 4. The summed E-state index contributed by atoms with van der Waals surface area (Å²) in [6, 6.07) is 11.3. The molecule has 26 heavy (non-hydrogen) atoms. The molecule has 0 aromatic heterocycles. The van der Waals surface area contributed by atoms with E-state index < -0.39 is 20.8 Å². The van der Waals surface area contributed by atoms with Crippen LogP contribution in [-0.4, -0.2) is 13.0 Å². The van der Waals surface area contributed by atoms with Gasteiger partial charge in [-0.15, -0.1) is 0 Å². The van der Waals surface area contributed by atoms with Gasteiger partial charge in [0.2, 0.25) is 0 Å². The molecule has 0 bridgehead atoms. The van der Waals surface area contributed by atoms with Gasteiger partial charge in [-0.1, -0.05) is 62.6 Å². The number of aryl methyl sites for hydroxylation is 1. The Morgan fingerprint density at radius 2 is 1.69 bits per heavy atom. The van der Waals surface area contributed by atoms with Crippen LogP contribution in [0.3, 0.4) is 0 Å². The summed E-state index contributed by atoms with van der Waals surface area (Å²) >= 11 is 0. The van der Waals surface area contributed by atoms with E-state index in [1.54, 1.807) is 24.3 Å². The van der Waals surface area contributed by atoms with Crippen molar-refractivity contribution < 1.29 is 52.4 Å². The molecule has 7 heteroatoms. The molecule has 0 aliphatic rings. The molecular weight excluding hydrogens is 363 g/mol. The van der Waals surface area contributed by atoms with Gasteiger partial charge in [0, 0.05) is 6.07 Å². The molecule has 0 saturated carbocycles. The first-order valence-corrected chi connectivity index (χ1v) is 9.90. The van der Waals surface area contributed by atoms with Crippen LogP contribution in [0.4, 0.5) is 0 Å². The minimum absolute atomic E-state index is 0. The molecule has 0 unspecified atom stereocenters. The predicted molar refractivity (Wildman–Crippen MR) is 94.7 cm³/mol. The Balaban J connectivity index is 0.00000338. The van der Waals surface area contributed by atoms with Crippen LogP contribution in [0.2, 0.25) is 0 Å². The third-order valence-corrected chi connectivity index (χ3v) is 4.80. The third-order valence-electron chi connectivity index (χ3n) is 3.93. The van der Waals surface area contributed by atoms with Crippen molar-refractivity contribution in [2.75, 3.05) is 0 Å². The van der Waals surface area contributed by atoms with Gasteiger partial charge in [0.25, 0.3) is 10.1 Å². The van der Waals surface area contributed by atoms with Gasteiger partial charge in [0.05, 0.1) is 4.90 Å². The number of hydrogen-bond donors (Lipinski definition) is 1. The number of benzene rings is 2. The summed E-state index contributed by atoms with van der Waals surface area (Å²) in [5.41, 5.74) is 0.651. The van der Waals surface area contributed by atoms with Crippen LogP contribution < -0.4 is 39.4 Å². The summed E-state index contributed by atoms with van der Waals surface area (Å²) in [5, 5.41) is 12.0. The van der Waals surface area contributed by atoms with E-state index in [2.05, 4.69) is 6.92 Å². The van der Waals surface area contributed by atoms with Crippen LogP contribution in [0.5, 0.6) is 17.2 Å². The maximum absolute atomic E-state index is 12.0. The van der Waals surface area contributed by atoms with E-state index in [-0.39, 0.29) is 35.3 Å². The van der Waals surface area contributed by atoms with Crippen molar-refractivity contribution in [1.29, 1.82) is 0 Å². The Morgan fingerprint density at radius 1 is 1.04 bits per heavy atom. The molecule has 0 radical (unpaired) electrons. The summed E-state index contributed by atoms with van der Waals surface area (Å²) in [6.07, 6.45) is 5.98. The fraction of sp³-hybridized carbons (Fsp3) is 0.368. The van der Waals surface area contributed by atoms with E-state index in [0.29, 0.717) is 17.7 Å². The quantitative estimate of drug-likeness (QED) is 0.399. The van der Waals surface area contributed by atoms with E-state index in [1.807, 2.05) is 6.07 Å². The fourth-order valence-electron chi connectivity index (χ4n) is 2.61. The van der Waals surface area contributed by atoms with Crippen LogP contribution >= 0.6 is 0 Å². The molecular formula is C19H23NaO5S. The summed E-state index contributed by atoms with van der Waals surface area (Å²) < 4.78 is 37.8. The molecule has 2 rings (SSSR count). The molecule has 2 aromatic rings. The van der Waals surface area contributed by atoms with E-state index in [1.165, 1.54) is 12.5 Å². The first-order chi connectivity index (χ1) is 11.9. The Bertz CT molecular complexity index is 791. The average Bonchev–Trinajstić information content (AvgIpc) is 2.56. The van der Waals surface area contributed by atoms with Crippen molar-refractivity contribution in [2.45, 2.75) is 50.3 Å². The fourth-order valence-corrected chi connectivity index (χ4v) is 3.18. The van der Waals surface area contributed by atoms with Crippen LogP contribution in [-0.2, 0) is 16.5 Å². The average molecular weight is 386 g/mol. The van der Waals surface area contributed by atoms with Crippen LogP contribution in [0, 0.1) is 0 Å². The van der Waals surface area contributed by atoms with Crippen molar-refractivity contribution in [3.05, 3.63) is 48.0 Å². The van der Waals surface area contributed by atoms with Crippen molar-refractivity contribution in [2.24, 2.45) is 0 Å². The van der Waals surface area contributed by atoms with Gasteiger partial charge in [-0.3, -0.25) is 4.55 Å². The Hall–Kier alpha value is -1.05. The molecule has 0 amide bonds. The topological polar surface area (TPSA) is 86.7 Å². The summed E-state index contributed by atoms with van der Waals surface area (Å²) in [7, 11) is -4.59. The number of rotatable bonds is 9. The number of para-hydroxylation sites is 1. The van der Waals surface area contributed by atoms with Crippen molar-refractivity contribution in [3.63, 3.8) is 0 Å². The van der Waals surface area contributed by atoms with E-state index in [0.717, 1.165) is 31.7 Å². The Morgan fingerprint density at radius 3 is 2.31 bits per heavy atom. The second kappa shape index (κ2) is 10.9. The molecule has 0 atom stereocenters. The Kier molecular flexibility index (Phi) is 9.68. The molecule has 0 saturated heterocycles. The van der Waals surface area contributed by atoms with Crippen LogP contribution in [0.25, 0.3) is 0 Å². The minimum Gasteiger partial charge on any atom is -0.872 e. The number of ether oxygens (including phenoxy) is 1. The Labute approximate surface area is 177 Å². The first-order valence-electron chi connectivity index (χ1n) is 8.46. The minimum atomic E-state index is -4.59. The van der Waals surface area contributed by atoms with Gasteiger partial charge >= 0.3 is 29.6 Å². The van der Waals surface area contributed by atoms with Crippen LogP contribution in [0.15, 0.2) is 47.4 Å². The van der Waals surface area contributed by atoms with Crippen molar-refractivity contribution in [1.82, 2.24) is 0 Å². The van der Waals surface area contributed by atoms with Crippen molar-refractivity contribution >= 4 is 10.1 Å². The normalized spacial score (nSPS) is 11.0. The van der Waals surface area contributed by atoms with Gasteiger partial charge in [-0.05, 0) is 30.5 Å². The molecule has 5 nitrogen and oxygen atoms in total. The smallest absolute Gasteiger partial charge is 0.872 e. The van der Waals surface area contributed by atoms with Gasteiger partial charge in [0.15, 0.2) is 0 Å². The summed E-state index contributed by atoms with van der Waals surface area (Å²) in [6.45, 7) is 2.14.